The molecule has 0 aliphatic heterocycles. The minimum atomic E-state index is 0. The zero-order valence-corrected chi connectivity index (χ0v) is 8.10. The quantitative estimate of drug-likeness (QED) is 0.379. The second-order valence-electron chi connectivity index (χ2n) is 0. The number of hydrogen-bond acceptors (Lipinski definition) is 0. The summed E-state index contributed by atoms with van der Waals surface area (Å²) in [6, 6.07) is 0. The van der Waals surface area contributed by atoms with Crippen molar-refractivity contribution in [3.05, 3.63) is 0 Å². The third kappa shape index (κ3) is 8.84. The summed E-state index contributed by atoms with van der Waals surface area (Å²) in [5, 5.41) is 0. The van der Waals surface area contributed by atoms with E-state index < -0.39 is 0 Å². The Bertz CT molecular complexity index is 8.00. The molecule has 0 bridgehead atoms. The zero-order valence-electron chi connectivity index (χ0n) is 1.21. The van der Waals surface area contributed by atoms with Gasteiger partial charge in [-0.05, 0) is 11.0 Å². The van der Waals surface area contributed by atoms with Crippen LogP contribution in [-0.4, -0.2) is 76.7 Å². The molecule has 0 aromatic heterocycles. The molecule has 0 aromatic carbocycles. The molecule has 0 aliphatic rings. The Morgan fingerprint density at radius 3 is 1.00 bits per heavy atom. The third-order valence-corrected chi connectivity index (χ3v) is 0. The van der Waals surface area contributed by atoms with Crippen LogP contribution >= 0.6 is 0 Å². The molecule has 32 valence electrons. The van der Waals surface area contributed by atoms with Crippen LogP contribution in [0.3, 0.4) is 0 Å². The predicted octanol–water partition coefficient (Wildman–Crippen LogP) is -5.00. The van der Waals surface area contributed by atoms with E-state index in [1.165, 1.54) is 0 Å². The summed E-state index contributed by atoms with van der Waals surface area (Å²) in [6.07, 6.45) is 0. The molecule has 0 N–H and O–H groups in total. The van der Waals surface area contributed by atoms with Gasteiger partial charge in [-0.25, -0.2) is 0 Å². The molecule has 0 unspecified atom stereocenters. The van der Waals surface area contributed by atoms with Gasteiger partial charge in [0.05, 0.1) is 0 Å². The van der Waals surface area contributed by atoms with E-state index in [-0.39, 0.29) is 76.7 Å². The summed E-state index contributed by atoms with van der Waals surface area (Å²) in [5.74, 6) is 0. The van der Waals surface area contributed by atoms with Crippen LogP contribution in [0.25, 0.3) is 0 Å². The molecule has 0 atom stereocenters. The molecule has 0 spiro atoms. The van der Waals surface area contributed by atoms with Gasteiger partial charge in [0.25, 0.3) is 0 Å². The molecule has 0 amide bonds. The van der Waals surface area contributed by atoms with E-state index >= 15 is 0 Å². The third-order valence-electron chi connectivity index (χ3n) is 0. The fraction of sp³-hybridized carbons (Fsp3) is 0. The Morgan fingerprint density at radius 2 is 1.00 bits per heavy atom. The van der Waals surface area contributed by atoms with Crippen molar-refractivity contribution in [2.75, 3.05) is 0 Å². The fourth-order valence-electron chi connectivity index (χ4n) is 0. The van der Waals surface area contributed by atoms with Gasteiger partial charge in [0.2, 0.25) is 0 Å². The molecule has 0 saturated carbocycles. The maximum absolute atomic E-state index is 0. The first-order valence-corrected chi connectivity index (χ1v) is 0. The first-order chi connectivity index (χ1) is 0. The molecule has 0 aromatic rings. The average Bonchev–Trinajstić information content (AvgIpc) is 0. The Kier molecular flexibility index (Phi) is 149. The van der Waals surface area contributed by atoms with E-state index in [9.17, 15) is 0 Å². The Balaban J connectivity index is 0. The van der Waals surface area contributed by atoms with Crippen LogP contribution in [0.4, 0.5) is 0 Å². The molecule has 4 heteroatoms. The molecular formula is H13GeSbSiTe. The molecule has 0 aliphatic carbocycles. The van der Waals surface area contributed by atoms with Crippen molar-refractivity contribution in [2.45, 2.75) is 0 Å². The summed E-state index contributed by atoms with van der Waals surface area (Å²) in [5.41, 5.74) is 0. The van der Waals surface area contributed by atoms with Gasteiger partial charge in [-0.3, -0.25) is 0 Å². The first kappa shape index (κ1) is 32.7. The molecule has 0 radical (unpaired) electrons. The standard InChI is InChI=1S/GeH4.Sb.H4Si.H2Te.3H/h1H4;;1H4;1H2;;;. The van der Waals surface area contributed by atoms with Crippen molar-refractivity contribution in [3.63, 3.8) is 0 Å². The molecule has 0 heterocycles. The summed E-state index contributed by atoms with van der Waals surface area (Å²) >= 11 is 0. The van der Waals surface area contributed by atoms with E-state index in [2.05, 4.69) is 0 Å². The van der Waals surface area contributed by atoms with E-state index in [4.69, 9.17) is 0 Å². The Hall–Kier alpha value is 2.37. The van der Waals surface area contributed by atoms with Crippen molar-refractivity contribution in [1.29, 1.82) is 0 Å². The summed E-state index contributed by atoms with van der Waals surface area (Å²) in [7, 11) is 0. The molecule has 0 rings (SSSR count). The second-order valence-corrected chi connectivity index (χ2v) is 0. The zero-order chi connectivity index (χ0) is 0. The molecule has 0 saturated heterocycles. The second kappa shape index (κ2) is 18.3. The van der Waals surface area contributed by atoms with E-state index in [1.54, 1.807) is 0 Å². The van der Waals surface area contributed by atoms with Crippen LogP contribution in [0.5, 0.6) is 0 Å². The van der Waals surface area contributed by atoms with E-state index in [0.29, 0.717) is 0 Å². The molecule has 0 fully saturated rings. The SMILES string of the molecule is [GeH4].[SbH3].[SiH4].[TeH2]. The molecule has 4 heavy (non-hydrogen) atoms. The number of rotatable bonds is 0. The van der Waals surface area contributed by atoms with Gasteiger partial charge < -0.3 is 0 Å². The molecular weight excluding hydrogens is 350 g/mol. The number of hydrogen-bond donors (Lipinski definition) is 0. The fourth-order valence-corrected chi connectivity index (χ4v) is 0. The average molecular weight is 363 g/mol. The van der Waals surface area contributed by atoms with Crippen molar-refractivity contribution >= 4 is 76.7 Å². The van der Waals surface area contributed by atoms with Gasteiger partial charge in [-0.1, -0.05) is 0 Å². The predicted molar refractivity (Wildman–Crippen MR) is 41.2 cm³/mol. The van der Waals surface area contributed by atoms with Crippen molar-refractivity contribution in [3.8, 4) is 0 Å². The van der Waals surface area contributed by atoms with Gasteiger partial charge in [-0.15, -0.1) is 0 Å². The van der Waals surface area contributed by atoms with Crippen LogP contribution in [0, 0.1) is 0 Å². The summed E-state index contributed by atoms with van der Waals surface area (Å²) in [4.78, 5) is 0. The van der Waals surface area contributed by atoms with Crippen molar-refractivity contribution < 1.29 is 0 Å². The van der Waals surface area contributed by atoms with Gasteiger partial charge >= 0.3 is 65.7 Å². The van der Waals surface area contributed by atoms with Crippen LogP contribution in [0.1, 0.15) is 0 Å². The summed E-state index contributed by atoms with van der Waals surface area (Å²) in [6.45, 7) is 0. The Morgan fingerprint density at radius 1 is 1.00 bits per heavy atom. The molecule has 0 nitrogen and oxygen atoms in total. The van der Waals surface area contributed by atoms with Crippen LogP contribution in [0.15, 0.2) is 0 Å². The monoisotopic (exact) mass is 366 g/mol. The maximum atomic E-state index is 0. The Labute approximate surface area is 75.7 Å². The van der Waals surface area contributed by atoms with Crippen LogP contribution in [0.2, 0.25) is 0 Å². The topological polar surface area (TPSA) is 0 Å². The van der Waals surface area contributed by atoms with Crippen molar-refractivity contribution in [2.24, 2.45) is 0 Å². The van der Waals surface area contributed by atoms with E-state index in [0.717, 1.165) is 0 Å². The van der Waals surface area contributed by atoms with Crippen LogP contribution < -0.4 is 0 Å². The minimum absolute atomic E-state index is 0. The van der Waals surface area contributed by atoms with Gasteiger partial charge in [0.1, 0.15) is 0 Å². The van der Waals surface area contributed by atoms with Gasteiger partial charge in [0, 0.05) is 0 Å². The van der Waals surface area contributed by atoms with Gasteiger partial charge in [0.15, 0.2) is 0 Å². The first-order valence-electron chi connectivity index (χ1n) is 0. The van der Waals surface area contributed by atoms with E-state index in [1.807, 2.05) is 0 Å². The summed E-state index contributed by atoms with van der Waals surface area (Å²) < 4.78 is 0. The van der Waals surface area contributed by atoms with Gasteiger partial charge in [-0.2, -0.15) is 0 Å². The normalized spacial score (nSPS) is 0. The van der Waals surface area contributed by atoms with Crippen LogP contribution in [-0.2, 0) is 0 Å². The van der Waals surface area contributed by atoms with Crippen molar-refractivity contribution in [1.82, 2.24) is 0 Å².